The van der Waals surface area contributed by atoms with Gasteiger partial charge in [0.15, 0.2) is 12.4 Å². The predicted molar refractivity (Wildman–Crippen MR) is 118 cm³/mol. The van der Waals surface area contributed by atoms with Gasteiger partial charge in [-0.2, -0.15) is 0 Å². The summed E-state index contributed by atoms with van der Waals surface area (Å²) in [6, 6.07) is 15.3. The number of fused-ring (bicyclic) bond motifs is 4. The number of ether oxygens (including phenoxy) is 1. The number of esters is 1. The highest BCUT2D eigenvalue weighted by atomic mass is 32.1. The minimum absolute atomic E-state index is 0.0106. The van der Waals surface area contributed by atoms with Crippen molar-refractivity contribution < 1.29 is 9.53 Å². The van der Waals surface area contributed by atoms with Gasteiger partial charge >= 0.3 is 5.97 Å². The first-order chi connectivity index (χ1) is 15.1. The molecule has 0 unspecified atom stereocenters. The van der Waals surface area contributed by atoms with Crippen molar-refractivity contribution in [3.8, 4) is 0 Å². The van der Waals surface area contributed by atoms with Crippen LogP contribution in [0.2, 0.25) is 0 Å². The minimum atomic E-state index is -0.299. The average Bonchev–Trinajstić information content (AvgIpc) is 3.40. The summed E-state index contributed by atoms with van der Waals surface area (Å²) >= 11 is 1.65. The first-order valence-corrected chi connectivity index (χ1v) is 10.8. The fourth-order valence-electron chi connectivity index (χ4n) is 3.61. The van der Waals surface area contributed by atoms with Crippen LogP contribution in [-0.4, -0.2) is 30.1 Å². The highest BCUT2D eigenvalue weighted by molar-refractivity contribution is 7.18. The van der Waals surface area contributed by atoms with E-state index < -0.39 is 0 Å². The Morgan fingerprint density at radius 1 is 1.10 bits per heavy atom. The number of carbonyl (C=O) groups is 1. The zero-order chi connectivity index (χ0) is 21.4. The number of hydrogen-bond donors (Lipinski definition) is 0. The molecule has 0 spiro atoms. The Labute approximate surface area is 180 Å². The maximum Gasteiger partial charge on any atom is 0.306 e. The summed E-state index contributed by atoms with van der Waals surface area (Å²) < 4.78 is 9.80. The first-order valence-electron chi connectivity index (χ1n) is 9.93. The molecule has 0 bridgehead atoms. The SMILES string of the molecule is Cn1c(=O)c2ccccc2n2c(COC(=O)CCCc3nc4ccccc4s3)nnc12. The minimum Gasteiger partial charge on any atom is -0.457 e. The van der Waals surface area contributed by atoms with E-state index in [2.05, 4.69) is 15.2 Å². The van der Waals surface area contributed by atoms with Gasteiger partial charge in [0.2, 0.25) is 5.78 Å². The number of rotatable bonds is 6. The fraction of sp³-hybridized carbons (Fsp3) is 0.227. The standard InChI is InChI=1S/C22H19N5O3S/c1-26-21(29)14-7-2-4-9-16(14)27-18(24-25-22(26)27)13-30-20(28)12-6-11-19-23-15-8-3-5-10-17(15)31-19/h2-5,7-10H,6,11-13H2,1H3. The second-order valence-corrected chi connectivity index (χ2v) is 8.34. The van der Waals surface area contributed by atoms with E-state index in [0.29, 0.717) is 35.3 Å². The molecule has 0 atom stereocenters. The van der Waals surface area contributed by atoms with Gasteiger partial charge in [-0.1, -0.05) is 24.3 Å². The van der Waals surface area contributed by atoms with E-state index >= 15 is 0 Å². The molecule has 0 fully saturated rings. The smallest absolute Gasteiger partial charge is 0.306 e. The van der Waals surface area contributed by atoms with E-state index in [1.165, 1.54) is 4.57 Å². The third-order valence-corrected chi connectivity index (χ3v) is 6.26. The molecule has 0 aliphatic rings. The zero-order valence-electron chi connectivity index (χ0n) is 16.8. The van der Waals surface area contributed by atoms with Gasteiger partial charge < -0.3 is 4.74 Å². The second kappa shape index (κ2) is 7.92. The van der Waals surface area contributed by atoms with Crippen molar-refractivity contribution in [1.29, 1.82) is 0 Å². The number of aromatic nitrogens is 5. The molecule has 0 N–H and O–H groups in total. The van der Waals surface area contributed by atoms with Crippen LogP contribution in [-0.2, 0) is 29.6 Å². The Morgan fingerprint density at radius 3 is 2.77 bits per heavy atom. The van der Waals surface area contributed by atoms with Crippen LogP contribution < -0.4 is 5.56 Å². The largest absolute Gasteiger partial charge is 0.457 e. The van der Waals surface area contributed by atoms with Crippen molar-refractivity contribution in [2.45, 2.75) is 25.9 Å². The maximum absolute atomic E-state index is 12.5. The molecule has 3 aromatic heterocycles. The Kier molecular flexibility index (Phi) is 4.95. The lowest BCUT2D eigenvalue weighted by atomic mass is 10.2. The van der Waals surface area contributed by atoms with Gasteiger partial charge in [-0.25, -0.2) is 4.98 Å². The van der Waals surface area contributed by atoms with E-state index in [1.54, 1.807) is 28.9 Å². The van der Waals surface area contributed by atoms with E-state index in [0.717, 1.165) is 21.6 Å². The lowest BCUT2D eigenvalue weighted by Gasteiger charge is -2.08. The van der Waals surface area contributed by atoms with E-state index in [-0.39, 0.29) is 18.1 Å². The molecule has 5 aromatic rings. The van der Waals surface area contributed by atoms with Crippen LogP contribution in [0, 0.1) is 0 Å². The number of para-hydroxylation sites is 2. The fourth-order valence-corrected chi connectivity index (χ4v) is 4.62. The highest BCUT2D eigenvalue weighted by Gasteiger charge is 2.16. The van der Waals surface area contributed by atoms with Gasteiger partial charge in [-0.3, -0.25) is 18.6 Å². The van der Waals surface area contributed by atoms with E-state index in [4.69, 9.17) is 4.74 Å². The number of thiazole rings is 1. The van der Waals surface area contributed by atoms with Crippen molar-refractivity contribution in [2.75, 3.05) is 0 Å². The number of aryl methyl sites for hydroxylation is 2. The molecular weight excluding hydrogens is 414 g/mol. The number of nitrogens with zero attached hydrogens (tertiary/aromatic N) is 5. The summed E-state index contributed by atoms with van der Waals surface area (Å²) in [4.78, 5) is 29.4. The topological polar surface area (TPSA) is 91.4 Å². The van der Waals surface area contributed by atoms with Crippen molar-refractivity contribution in [3.05, 3.63) is 69.7 Å². The molecule has 5 rings (SSSR count). The van der Waals surface area contributed by atoms with Crippen molar-refractivity contribution in [2.24, 2.45) is 7.05 Å². The molecule has 0 saturated carbocycles. The average molecular weight is 433 g/mol. The summed E-state index contributed by atoms with van der Waals surface area (Å²) in [6.07, 6.45) is 1.69. The number of benzene rings is 2. The highest BCUT2D eigenvalue weighted by Crippen LogP contribution is 2.23. The predicted octanol–water partition coefficient (Wildman–Crippen LogP) is 3.26. The zero-order valence-corrected chi connectivity index (χ0v) is 17.6. The Balaban J connectivity index is 1.26. The van der Waals surface area contributed by atoms with Gasteiger partial charge in [0.1, 0.15) is 0 Å². The van der Waals surface area contributed by atoms with Gasteiger partial charge in [0.05, 0.1) is 26.1 Å². The summed E-state index contributed by atoms with van der Waals surface area (Å²) in [5.74, 6) is 0.582. The number of hydrogen-bond acceptors (Lipinski definition) is 7. The summed E-state index contributed by atoms with van der Waals surface area (Å²) in [5.41, 5.74) is 1.53. The second-order valence-electron chi connectivity index (χ2n) is 7.22. The molecule has 0 amide bonds. The van der Waals surface area contributed by atoms with Crippen molar-refractivity contribution >= 4 is 44.2 Å². The van der Waals surface area contributed by atoms with Crippen LogP contribution in [0.4, 0.5) is 0 Å². The number of carbonyl (C=O) groups excluding carboxylic acids is 1. The quantitative estimate of drug-likeness (QED) is 0.382. The molecule has 0 aliphatic carbocycles. The molecule has 31 heavy (non-hydrogen) atoms. The molecule has 9 heteroatoms. The van der Waals surface area contributed by atoms with E-state index in [9.17, 15) is 9.59 Å². The Hall–Kier alpha value is -3.59. The third kappa shape index (κ3) is 3.57. The van der Waals surface area contributed by atoms with Crippen LogP contribution in [0.3, 0.4) is 0 Å². The molecule has 8 nitrogen and oxygen atoms in total. The lowest BCUT2D eigenvalue weighted by Crippen LogP contribution is -2.20. The summed E-state index contributed by atoms with van der Waals surface area (Å²) in [7, 11) is 1.65. The molecule has 0 saturated heterocycles. The summed E-state index contributed by atoms with van der Waals surface area (Å²) in [6.45, 7) is -0.0106. The van der Waals surface area contributed by atoms with Crippen molar-refractivity contribution in [3.63, 3.8) is 0 Å². The van der Waals surface area contributed by atoms with Gasteiger partial charge in [-0.05, 0) is 37.1 Å². The summed E-state index contributed by atoms with van der Waals surface area (Å²) in [5, 5.41) is 9.82. The van der Waals surface area contributed by atoms with E-state index in [1.807, 2.05) is 42.5 Å². The molecule has 0 radical (unpaired) electrons. The first kappa shape index (κ1) is 19.4. The maximum atomic E-state index is 12.5. The van der Waals surface area contributed by atoms with Crippen LogP contribution in [0.5, 0.6) is 0 Å². The molecule has 3 heterocycles. The third-order valence-electron chi connectivity index (χ3n) is 5.16. The Morgan fingerprint density at radius 2 is 1.90 bits per heavy atom. The monoisotopic (exact) mass is 433 g/mol. The van der Waals surface area contributed by atoms with Gasteiger partial charge in [0, 0.05) is 13.5 Å². The Bertz CT molecular complexity index is 1450. The molecule has 0 aliphatic heterocycles. The molecular formula is C22H19N5O3S. The van der Waals surface area contributed by atoms with Crippen molar-refractivity contribution in [1.82, 2.24) is 24.1 Å². The van der Waals surface area contributed by atoms with Gasteiger partial charge in [0.25, 0.3) is 5.56 Å². The lowest BCUT2D eigenvalue weighted by molar-refractivity contribution is -0.145. The van der Waals surface area contributed by atoms with Crippen LogP contribution in [0.25, 0.3) is 26.9 Å². The molecule has 156 valence electrons. The van der Waals surface area contributed by atoms with Crippen LogP contribution >= 0.6 is 11.3 Å². The van der Waals surface area contributed by atoms with Gasteiger partial charge in [-0.15, -0.1) is 21.5 Å². The van der Waals surface area contributed by atoms with Crippen LogP contribution in [0.15, 0.2) is 53.3 Å². The molecule has 2 aromatic carbocycles. The normalized spacial score (nSPS) is 11.5. The van der Waals surface area contributed by atoms with Crippen LogP contribution in [0.1, 0.15) is 23.7 Å².